The van der Waals surface area contributed by atoms with Crippen LogP contribution in [0.5, 0.6) is 0 Å². The smallest absolute Gasteiger partial charge is 0.261 e. The van der Waals surface area contributed by atoms with Crippen LogP contribution in [0.3, 0.4) is 0 Å². The van der Waals surface area contributed by atoms with Crippen LogP contribution in [0.1, 0.15) is 36.0 Å². The van der Waals surface area contributed by atoms with Gasteiger partial charge in [-0.2, -0.15) is 0 Å². The van der Waals surface area contributed by atoms with Gasteiger partial charge in [0.15, 0.2) is 0 Å². The summed E-state index contributed by atoms with van der Waals surface area (Å²) in [6.07, 6.45) is 8.29. The van der Waals surface area contributed by atoms with Crippen LogP contribution in [0.15, 0.2) is 48.5 Å². The van der Waals surface area contributed by atoms with E-state index in [2.05, 4.69) is 61.6 Å². The molecule has 1 fully saturated rings. The number of benzene rings is 2. The van der Waals surface area contributed by atoms with Gasteiger partial charge >= 0.3 is 0 Å². The number of amides is 1. The summed E-state index contributed by atoms with van der Waals surface area (Å²) in [5.74, 6) is 0.212. The van der Waals surface area contributed by atoms with E-state index in [-0.39, 0.29) is 38.6 Å². The molecule has 1 saturated heterocycles. The molecule has 0 aromatic heterocycles. The number of carbonyl (C=O) groups is 1. The van der Waals surface area contributed by atoms with E-state index in [0.29, 0.717) is 0 Å². The molecule has 1 heterocycles. The molecule has 1 radical (unpaired) electrons. The van der Waals surface area contributed by atoms with Crippen LogP contribution in [0.2, 0.25) is 0 Å². The van der Waals surface area contributed by atoms with Crippen molar-refractivity contribution in [2.24, 2.45) is 0 Å². The normalized spacial score (nSPS) is 15.8. The molecular weight excluding hydrogens is 414 g/mol. The Morgan fingerprint density at radius 3 is 2.15 bits per heavy atom. The van der Waals surface area contributed by atoms with Crippen molar-refractivity contribution >= 4 is 18.9 Å². The van der Waals surface area contributed by atoms with E-state index >= 15 is 0 Å². The van der Waals surface area contributed by atoms with Gasteiger partial charge in [0.25, 0.3) is 5.91 Å². The minimum atomic E-state index is -1.25. The summed E-state index contributed by atoms with van der Waals surface area (Å²) < 4.78 is 0. The second-order valence-electron chi connectivity index (χ2n) is 7.47. The molecule has 1 amide bonds. The third kappa shape index (κ3) is 5.72. The van der Waals surface area contributed by atoms with Crippen LogP contribution in [0.25, 0.3) is 0 Å². The van der Waals surface area contributed by atoms with Crippen molar-refractivity contribution in [1.82, 2.24) is 0 Å². The fourth-order valence-electron chi connectivity index (χ4n) is 4.02. The number of carbonyl (C=O) groups excluding carboxylic acids is 1. The van der Waals surface area contributed by atoms with Gasteiger partial charge in [-0.3, -0.25) is 4.79 Å². The Morgan fingerprint density at radius 2 is 1.54 bits per heavy atom. The van der Waals surface area contributed by atoms with Gasteiger partial charge in [-0.25, -0.2) is 0 Å². The molecule has 2 nitrogen and oxygen atoms in total. The first-order valence-corrected chi connectivity index (χ1v) is 11.9. The van der Waals surface area contributed by atoms with Gasteiger partial charge in [-0.1, -0.05) is 48.5 Å². The fourth-order valence-corrected chi connectivity index (χ4v) is 8.45. The van der Waals surface area contributed by atoms with Gasteiger partial charge in [0.1, 0.15) is 6.16 Å². The molecule has 0 unspecified atom stereocenters. The van der Waals surface area contributed by atoms with E-state index < -0.39 is 7.26 Å². The number of para-hydroxylation sites is 1. The first-order valence-electron chi connectivity index (χ1n) is 9.33. The second kappa shape index (κ2) is 10.1. The molecule has 0 spiro atoms. The Bertz CT molecular complexity index is 706. The maximum Gasteiger partial charge on any atom is 0.261 e. The molecule has 1 aliphatic rings. The van der Waals surface area contributed by atoms with Crippen molar-refractivity contribution in [3.63, 3.8) is 0 Å². The molecule has 26 heavy (non-hydrogen) atoms. The summed E-state index contributed by atoms with van der Waals surface area (Å²) in [5, 5.41) is 3.23. The zero-order chi connectivity index (χ0) is 17.7. The van der Waals surface area contributed by atoms with Crippen molar-refractivity contribution in [2.45, 2.75) is 39.3 Å². The van der Waals surface area contributed by atoms with E-state index in [0.717, 1.165) is 29.1 Å². The standard InChI is InChI=1S/C22H28NOP.Y/c1-18-10-9-11-19(2)22(18)23-21(24)17-25(14-7-4-8-15-25)16-20-12-5-3-6-13-20;/h3,5-6,9-13H,4,7-8,14-17H2,1-2H3;/p+1. The van der Waals surface area contributed by atoms with Crippen molar-refractivity contribution in [2.75, 3.05) is 23.8 Å². The number of aryl methyl sites for hydroxylation is 2. The first kappa shape index (κ1) is 21.7. The molecule has 0 atom stereocenters. The Kier molecular flexibility index (Phi) is 8.46. The Balaban J connectivity index is 0.00000243. The average molecular weight is 443 g/mol. The van der Waals surface area contributed by atoms with Gasteiger partial charge in [0, 0.05) is 45.7 Å². The summed E-state index contributed by atoms with van der Waals surface area (Å²) in [5.41, 5.74) is 4.69. The van der Waals surface area contributed by atoms with Gasteiger partial charge in [-0.05, 0) is 49.8 Å². The van der Waals surface area contributed by atoms with Gasteiger partial charge in [0.05, 0.1) is 18.5 Å². The van der Waals surface area contributed by atoms with Crippen molar-refractivity contribution < 1.29 is 37.5 Å². The monoisotopic (exact) mass is 443 g/mol. The molecule has 1 N–H and O–H groups in total. The van der Waals surface area contributed by atoms with Crippen LogP contribution in [-0.2, 0) is 43.7 Å². The van der Waals surface area contributed by atoms with Crippen LogP contribution in [-0.4, -0.2) is 24.4 Å². The predicted molar refractivity (Wildman–Crippen MR) is 110 cm³/mol. The largest absolute Gasteiger partial charge is 0.322 e. The van der Waals surface area contributed by atoms with Gasteiger partial charge in [-0.15, -0.1) is 0 Å². The SMILES string of the molecule is Cc1cccc(C)c1NC(=O)C[P+]1(Cc2ccccc2)CCCCC1.[Y]. The summed E-state index contributed by atoms with van der Waals surface area (Å²) in [4.78, 5) is 12.9. The van der Waals surface area contributed by atoms with Crippen LogP contribution >= 0.6 is 7.26 Å². The predicted octanol–water partition coefficient (Wildman–Crippen LogP) is 5.64. The van der Waals surface area contributed by atoms with Crippen molar-refractivity contribution in [3.8, 4) is 0 Å². The molecule has 2 aromatic rings. The van der Waals surface area contributed by atoms with E-state index in [1.54, 1.807) is 0 Å². The summed E-state index contributed by atoms with van der Waals surface area (Å²) in [7, 11) is -1.25. The maximum atomic E-state index is 12.9. The molecular formula is C22H29NOPY+. The fraction of sp³-hybridized carbons (Fsp3) is 0.409. The van der Waals surface area contributed by atoms with Gasteiger partial charge in [0.2, 0.25) is 0 Å². The summed E-state index contributed by atoms with van der Waals surface area (Å²) >= 11 is 0. The summed E-state index contributed by atoms with van der Waals surface area (Å²) in [6.45, 7) is 4.14. The number of rotatable bonds is 5. The topological polar surface area (TPSA) is 29.1 Å². The quantitative estimate of drug-likeness (QED) is 0.596. The average Bonchev–Trinajstić information content (AvgIpc) is 2.60. The van der Waals surface area contributed by atoms with Crippen LogP contribution in [0, 0.1) is 13.8 Å². The molecule has 2 aromatic carbocycles. The number of nitrogens with one attached hydrogen (secondary N) is 1. The van der Waals surface area contributed by atoms with E-state index in [1.165, 1.54) is 37.1 Å². The maximum absolute atomic E-state index is 12.9. The minimum Gasteiger partial charge on any atom is -0.322 e. The third-order valence-electron chi connectivity index (χ3n) is 5.35. The zero-order valence-electron chi connectivity index (χ0n) is 16.0. The van der Waals surface area contributed by atoms with Crippen molar-refractivity contribution in [1.29, 1.82) is 0 Å². The second-order valence-corrected chi connectivity index (χ2v) is 11.7. The van der Waals surface area contributed by atoms with E-state index in [1.807, 2.05) is 6.07 Å². The van der Waals surface area contributed by atoms with Crippen molar-refractivity contribution in [3.05, 3.63) is 65.2 Å². The minimum absolute atomic E-state index is 0. The third-order valence-corrected chi connectivity index (χ3v) is 9.87. The number of anilines is 1. The Hall–Kier alpha value is -0.556. The molecule has 4 heteroatoms. The molecule has 3 rings (SSSR count). The van der Waals surface area contributed by atoms with Gasteiger partial charge < -0.3 is 5.32 Å². The molecule has 0 aliphatic carbocycles. The number of hydrogen-bond donors (Lipinski definition) is 1. The molecule has 135 valence electrons. The Morgan fingerprint density at radius 1 is 0.923 bits per heavy atom. The molecule has 0 saturated carbocycles. The first-order chi connectivity index (χ1) is 12.1. The molecule has 0 bridgehead atoms. The van der Waals surface area contributed by atoms with Crippen LogP contribution < -0.4 is 5.32 Å². The zero-order valence-corrected chi connectivity index (χ0v) is 19.7. The summed E-state index contributed by atoms with van der Waals surface area (Å²) in [6, 6.07) is 16.9. The Labute approximate surface area is 183 Å². The van der Waals surface area contributed by atoms with Crippen LogP contribution in [0.4, 0.5) is 5.69 Å². The van der Waals surface area contributed by atoms with E-state index in [4.69, 9.17) is 0 Å². The number of hydrogen-bond acceptors (Lipinski definition) is 1. The van der Waals surface area contributed by atoms with E-state index in [9.17, 15) is 4.79 Å². The molecule has 1 aliphatic heterocycles.